The molecule has 0 heterocycles. The van der Waals surface area contributed by atoms with Crippen LogP contribution in [0.4, 0.5) is 0 Å². The van der Waals surface area contributed by atoms with Gasteiger partial charge in [0.2, 0.25) is 5.91 Å². The van der Waals surface area contributed by atoms with Crippen molar-refractivity contribution in [1.29, 1.82) is 0 Å². The summed E-state index contributed by atoms with van der Waals surface area (Å²) in [5.74, 6) is 1.62. The van der Waals surface area contributed by atoms with Gasteiger partial charge in [0.25, 0.3) is 0 Å². The second kappa shape index (κ2) is 9.54. The molecule has 6 heteroatoms. The summed E-state index contributed by atoms with van der Waals surface area (Å²) in [5.41, 5.74) is 3.83. The zero-order valence-electron chi connectivity index (χ0n) is 15.1. The molecule has 26 heavy (non-hydrogen) atoms. The van der Waals surface area contributed by atoms with Crippen molar-refractivity contribution in [3.05, 3.63) is 62.6 Å². The number of phenols is 1. The number of halogens is 2. The van der Waals surface area contributed by atoms with E-state index >= 15 is 0 Å². The highest BCUT2D eigenvalue weighted by molar-refractivity contribution is 7.99. The molecular formula is C20H23Cl2NO2S. The molecule has 0 unspecified atom stereocenters. The van der Waals surface area contributed by atoms with E-state index < -0.39 is 0 Å². The van der Waals surface area contributed by atoms with E-state index in [-0.39, 0.29) is 11.8 Å². The largest absolute Gasteiger partial charge is 0.508 e. The molecule has 0 aromatic heterocycles. The standard InChI is InChI=1S/C20H23Cl2NO2S/c1-12(2)15-6-13(4-5-19(15)24)7-16-17(21)8-14(9-18(16)22)10-26-11-20(25)23-3/h4-6,8-9,12,24H,7,10-11H2,1-3H3,(H,23,25). The van der Waals surface area contributed by atoms with Crippen molar-refractivity contribution in [2.45, 2.75) is 31.9 Å². The first-order valence-corrected chi connectivity index (χ1v) is 10.3. The molecule has 0 spiro atoms. The van der Waals surface area contributed by atoms with E-state index in [9.17, 15) is 9.90 Å². The fraction of sp³-hybridized carbons (Fsp3) is 0.350. The average molecular weight is 412 g/mol. The second-order valence-electron chi connectivity index (χ2n) is 6.43. The van der Waals surface area contributed by atoms with Crippen LogP contribution in [-0.2, 0) is 17.0 Å². The van der Waals surface area contributed by atoms with Crippen LogP contribution in [0.25, 0.3) is 0 Å². The summed E-state index contributed by atoms with van der Waals surface area (Å²) in [4.78, 5) is 11.3. The minimum absolute atomic E-state index is 0.00268. The molecule has 0 radical (unpaired) electrons. The van der Waals surface area contributed by atoms with Gasteiger partial charge in [0.15, 0.2) is 0 Å². The quantitative estimate of drug-likeness (QED) is 0.641. The SMILES string of the molecule is CNC(=O)CSCc1cc(Cl)c(Cc2ccc(O)c(C(C)C)c2)c(Cl)c1. The molecule has 2 N–H and O–H groups in total. The van der Waals surface area contributed by atoms with Gasteiger partial charge >= 0.3 is 0 Å². The van der Waals surface area contributed by atoms with Gasteiger partial charge in [0, 0.05) is 29.3 Å². The molecule has 0 aliphatic heterocycles. The van der Waals surface area contributed by atoms with Gasteiger partial charge in [-0.25, -0.2) is 0 Å². The van der Waals surface area contributed by atoms with Crippen LogP contribution in [0.2, 0.25) is 10.0 Å². The molecule has 0 saturated carbocycles. The summed E-state index contributed by atoms with van der Waals surface area (Å²) in [5, 5.41) is 13.8. The van der Waals surface area contributed by atoms with Crippen LogP contribution in [0.3, 0.4) is 0 Å². The van der Waals surface area contributed by atoms with Gasteiger partial charge in [-0.3, -0.25) is 4.79 Å². The number of hydrogen-bond acceptors (Lipinski definition) is 3. The summed E-state index contributed by atoms with van der Waals surface area (Å²) in [6.45, 7) is 4.09. The number of amides is 1. The van der Waals surface area contributed by atoms with E-state index in [1.807, 2.05) is 38.1 Å². The van der Waals surface area contributed by atoms with Gasteiger partial charge in [-0.1, -0.05) is 49.2 Å². The minimum atomic E-state index is -0.00268. The maximum absolute atomic E-state index is 11.3. The maximum atomic E-state index is 11.3. The molecule has 0 saturated heterocycles. The Balaban J connectivity index is 2.15. The number of carbonyl (C=O) groups excluding carboxylic acids is 1. The van der Waals surface area contributed by atoms with Crippen molar-refractivity contribution in [2.75, 3.05) is 12.8 Å². The third kappa shape index (κ3) is 5.57. The number of benzene rings is 2. The second-order valence-corrected chi connectivity index (χ2v) is 8.23. The van der Waals surface area contributed by atoms with Crippen LogP contribution in [0.5, 0.6) is 5.75 Å². The molecule has 0 aliphatic carbocycles. The van der Waals surface area contributed by atoms with E-state index in [2.05, 4.69) is 5.32 Å². The highest BCUT2D eigenvalue weighted by atomic mass is 35.5. The first-order valence-electron chi connectivity index (χ1n) is 8.38. The first-order chi connectivity index (χ1) is 12.3. The van der Waals surface area contributed by atoms with E-state index in [1.165, 1.54) is 11.8 Å². The van der Waals surface area contributed by atoms with Crippen LogP contribution in [-0.4, -0.2) is 23.8 Å². The Bertz CT molecular complexity index is 770. The third-order valence-electron chi connectivity index (χ3n) is 4.08. The van der Waals surface area contributed by atoms with Crippen LogP contribution in [0, 0.1) is 0 Å². The summed E-state index contributed by atoms with van der Waals surface area (Å²) >= 11 is 14.4. The first kappa shape index (κ1) is 20.9. The summed E-state index contributed by atoms with van der Waals surface area (Å²) < 4.78 is 0. The van der Waals surface area contributed by atoms with Crippen molar-refractivity contribution < 1.29 is 9.90 Å². The fourth-order valence-corrected chi connectivity index (χ4v) is 4.12. The van der Waals surface area contributed by atoms with Crippen molar-refractivity contribution in [2.24, 2.45) is 0 Å². The summed E-state index contributed by atoms with van der Waals surface area (Å²) in [6.07, 6.45) is 0.601. The Morgan fingerprint density at radius 2 is 1.81 bits per heavy atom. The number of thioether (sulfide) groups is 1. The lowest BCUT2D eigenvalue weighted by Gasteiger charge is -2.13. The summed E-state index contributed by atoms with van der Waals surface area (Å²) in [6, 6.07) is 9.42. The normalized spacial score (nSPS) is 11.0. The van der Waals surface area contributed by atoms with Gasteiger partial charge in [-0.2, -0.15) is 0 Å². The van der Waals surface area contributed by atoms with Gasteiger partial charge in [-0.05, 0) is 46.4 Å². The predicted molar refractivity (Wildman–Crippen MR) is 112 cm³/mol. The number of phenolic OH excluding ortho intramolecular Hbond substituents is 1. The van der Waals surface area contributed by atoms with E-state index in [0.29, 0.717) is 33.7 Å². The molecule has 0 fully saturated rings. The van der Waals surface area contributed by atoms with Crippen molar-refractivity contribution in [3.63, 3.8) is 0 Å². The van der Waals surface area contributed by atoms with Crippen molar-refractivity contribution in [3.8, 4) is 5.75 Å². The predicted octanol–water partition coefficient (Wildman–Crippen LogP) is 5.39. The zero-order chi connectivity index (χ0) is 19.3. The Morgan fingerprint density at radius 1 is 1.15 bits per heavy atom. The smallest absolute Gasteiger partial charge is 0.229 e. The number of rotatable bonds is 7. The zero-order valence-corrected chi connectivity index (χ0v) is 17.4. The Kier molecular flexibility index (Phi) is 7.69. The molecule has 0 aliphatic rings. The maximum Gasteiger partial charge on any atom is 0.229 e. The third-order valence-corrected chi connectivity index (χ3v) is 5.75. The fourth-order valence-electron chi connectivity index (χ4n) is 2.62. The lowest BCUT2D eigenvalue weighted by atomic mass is 9.96. The topological polar surface area (TPSA) is 49.3 Å². The van der Waals surface area contributed by atoms with Crippen LogP contribution in [0.1, 0.15) is 42.0 Å². The van der Waals surface area contributed by atoms with Gasteiger partial charge in [0.05, 0.1) is 5.75 Å². The highest BCUT2D eigenvalue weighted by Crippen LogP contribution is 2.32. The Hall–Kier alpha value is -1.36. The van der Waals surface area contributed by atoms with Crippen molar-refractivity contribution in [1.82, 2.24) is 5.32 Å². The number of hydrogen-bond donors (Lipinski definition) is 2. The van der Waals surface area contributed by atoms with Crippen LogP contribution in [0.15, 0.2) is 30.3 Å². The average Bonchev–Trinajstić information content (AvgIpc) is 2.59. The molecule has 3 nitrogen and oxygen atoms in total. The molecule has 2 aromatic carbocycles. The molecule has 2 aromatic rings. The Morgan fingerprint density at radius 3 is 2.38 bits per heavy atom. The van der Waals surface area contributed by atoms with Crippen LogP contribution >= 0.6 is 35.0 Å². The molecule has 2 rings (SSSR count). The lowest BCUT2D eigenvalue weighted by molar-refractivity contribution is -0.118. The molecule has 0 atom stereocenters. The van der Waals surface area contributed by atoms with Gasteiger partial charge < -0.3 is 10.4 Å². The Labute approximate surface area is 169 Å². The molecule has 1 amide bonds. The number of nitrogens with one attached hydrogen (secondary N) is 1. The summed E-state index contributed by atoms with van der Waals surface area (Å²) in [7, 11) is 1.62. The lowest BCUT2D eigenvalue weighted by Crippen LogP contribution is -2.19. The molecule has 0 bridgehead atoms. The van der Waals surface area contributed by atoms with E-state index in [4.69, 9.17) is 23.2 Å². The van der Waals surface area contributed by atoms with E-state index in [1.54, 1.807) is 13.1 Å². The minimum Gasteiger partial charge on any atom is -0.508 e. The monoisotopic (exact) mass is 411 g/mol. The van der Waals surface area contributed by atoms with E-state index in [0.717, 1.165) is 22.3 Å². The van der Waals surface area contributed by atoms with Crippen LogP contribution < -0.4 is 5.32 Å². The van der Waals surface area contributed by atoms with Crippen molar-refractivity contribution >= 4 is 40.9 Å². The van der Waals surface area contributed by atoms with Gasteiger partial charge in [0.1, 0.15) is 5.75 Å². The number of carbonyl (C=O) groups is 1. The number of aromatic hydroxyl groups is 1. The molecular weight excluding hydrogens is 389 g/mol. The highest BCUT2D eigenvalue weighted by Gasteiger charge is 2.12. The molecule has 140 valence electrons. The van der Waals surface area contributed by atoms with Gasteiger partial charge in [-0.15, -0.1) is 11.8 Å².